The molecular formula is C15H27ClN4O. The van der Waals surface area contributed by atoms with E-state index in [0.717, 1.165) is 44.7 Å². The summed E-state index contributed by atoms with van der Waals surface area (Å²) in [5.41, 5.74) is 7.30. The van der Waals surface area contributed by atoms with Gasteiger partial charge in [0.1, 0.15) is 0 Å². The van der Waals surface area contributed by atoms with Gasteiger partial charge in [-0.1, -0.05) is 11.6 Å². The molecule has 6 heteroatoms. The first kappa shape index (κ1) is 16.7. The summed E-state index contributed by atoms with van der Waals surface area (Å²) in [7, 11) is 4.09. The monoisotopic (exact) mass is 314 g/mol. The second kappa shape index (κ2) is 8.13. The van der Waals surface area contributed by atoms with Crippen LogP contribution in [0.1, 0.15) is 43.8 Å². The second-order valence-corrected chi connectivity index (χ2v) is 6.48. The fourth-order valence-corrected chi connectivity index (χ4v) is 3.03. The van der Waals surface area contributed by atoms with E-state index in [4.69, 9.17) is 22.1 Å². The van der Waals surface area contributed by atoms with Gasteiger partial charge in [0.15, 0.2) is 0 Å². The van der Waals surface area contributed by atoms with Crippen molar-refractivity contribution in [3.63, 3.8) is 0 Å². The van der Waals surface area contributed by atoms with Crippen molar-refractivity contribution < 1.29 is 4.74 Å². The van der Waals surface area contributed by atoms with E-state index in [1.54, 1.807) is 6.20 Å². The van der Waals surface area contributed by atoms with E-state index in [2.05, 4.69) is 10.00 Å². The smallest absolute Gasteiger partial charge is 0.0834 e. The minimum absolute atomic E-state index is 0.0762. The zero-order valence-corrected chi connectivity index (χ0v) is 13.9. The summed E-state index contributed by atoms with van der Waals surface area (Å²) in [5, 5.41) is 5.02. The van der Waals surface area contributed by atoms with Crippen molar-refractivity contribution in [2.24, 2.45) is 5.73 Å². The quantitative estimate of drug-likeness (QED) is 0.840. The molecular weight excluding hydrogens is 288 g/mol. The summed E-state index contributed by atoms with van der Waals surface area (Å²) in [6.07, 6.45) is 7.55. The number of likely N-dealkylation sites (N-methyl/N-ethyl adjacent to an activating group) is 1. The minimum Gasteiger partial charge on any atom is -0.378 e. The molecule has 1 saturated heterocycles. The van der Waals surface area contributed by atoms with Crippen LogP contribution in [-0.4, -0.2) is 48.0 Å². The van der Waals surface area contributed by atoms with E-state index >= 15 is 0 Å². The molecule has 1 aromatic heterocycles. The molecule has 21 heavy (non-hydrogen) atoms. The fraction of sp³-hybridized carbons (Fsp3) is 0.800. The predicted molar refractivity (Wildman–Crippen MR) is 85.5 cm³/mol. The van der Waals surface area contributed by atoms with Crippen molar-refractivity contribution in [2.45, 2.75) is 50.8 Å². The number of nitrogens with zero attached hydrogens (tertiary/aromatic N) is 3. The molecule has 2 N–H and O–H groups in total. The number of halogens is 1. The van der Waals surface area contributed by atoms with Crippen LogP contribution in [-0.2, 0) is 11.3 Å². The maximum atomic E-state index is 6.35. The van der Waals surface area contributed by atoms with Crippen molar-refractivity contribution in [3.8, 4) is 0 Å². The van der Waals surface area contributed by atoms with E-state index in [1.807, 2.05) is 18.8 Å². The van der Waals surface area contributed by atoms with Gasteiger partial charge in [0, 0.05) is 19.2 Å². The van der Waals surface area contributed by atoms with Crippen LogP contribution in [0.5, 0.6) is 0 Å². The van der Waals surface area contributed by atoms with Gasteiger partial charge in [0.05, 0.1) is 29.6 Å². The van der Waals surface area contributed by atoms with Crippen LogP contribution in [0.4, 0.5) is 0 Å². The molecule has 0 aliphatic carbocycles. The maximum Gasteiger partial charge on any atom is 0.0834 e. The average Bonchev–Trinajstić information content (AvgIpc) is 2.85. The normalized spacial score (nSPS) is 20.9. The number of hydrogen-bond donors (Lipinski definition) is 1. The Kier molecular flexibility index (Phi) is 6.48. The van der Waals surface area contributed by atoms with Gasteiger partial charge < -0.3 is 15.4 Å². The van der Waals surface area contributed by atoms with Crippen molar-refractivity contribution in [1.82, 2.24) is 14.7 Å². The molecule has 2 atom stereocenters. The van der Waals surface area contributed by atoms with Gasteiger partial charge in [0.25, 0.3) is 0 Å². The Morgan fingerprint density at radius 3 is 3.00 bits per heavy atom. The third-order valence-corrected chi connectivity index (χ3v) is 4.31. The highest BCUT2D eigenvalue weighted by molar-refractivity contribution is 6.31. The molecule has 0 saturated carbocycles. The largest absolute Gasteiger partial charge is 0.378 e. The molecule has 0 aromatic carbocycles. The molecule has 1 aliphatic rings. The molecule has 5 nitrogen and oxygen atoms in total. The zero-order chi connectivity index (χ0) is 15.2. The summed E-state index contributed by atoms with van der Waals surface area (Å²) in [6, 6.07) is -0.0762. The number of rotatable bonds is 7. The Morgan fingerprint density at radius 1 is 1.52 bits per heavy atom. The van der Waals surface area contributed by atoms with Gasteiger partial charge >= 0.3 is 0 Å². The lowest BCUT2D eigenvalue weighted by molar-refractivity contribution is 0.00901. The highest BCUT2D eigenvalue weighted by atomic mass is 35.5. The summed E-state index contributed by atoms with van der Waals surface area (Å²) in [4.78, 5) is 2.13. The lowest BCUT2D eigenvalue weighted by atomic mass is 10.0. The van der Waals surface area contributed by atoms with Crippen LogP contribution >= 0.6 is 11.6 Å². The van der Waals surface area contributed by atoms with Crippen LogP contribution < -0.4 is 5.73 Å². The van der Waals surface area contributed by atoms with E-state index < -0.39 is 0 Å². The van der Waals surface area contributed by atoms with Gasteiger partial charge in [-0.25, -0.2) is 0 Å². The second-order valence-electron chi connectivity index (χ2n) is 6.08. The molecule has 120 valence electrons. The first-order chi connectivity index (χ1) is 10.1. The van der Waals surface area contributed by atoms with Crippen molar-refractivity contribution in [2.75, 3.05) is 27.2 Å². The Hall–Kier alpha value is -0.620. The molecule has 0 spiro atoms. The first-order valence-corrected chi connectivity index (χ1v) is 8.19. The highest BCUT2D eigenvalue weighted by Crippen LogP contribution is 2.26. The first-order valence-electron chi connectivity index (χ1n) is 7.81. The maximum absolute atomic E-state index is 6.35. The van der Waals surface area contributed by atoms with Gasteiger partial charge in [-0.2, -0.15) is 5.10 Å². The Labute approximate surface area is 132 Å². The summed E-state index contributed by atoms with van der Waals surface area (Å²) >= 11 is 6.27. The number of nitrogens with two attached hydrogens (primary N) is 1. The molecule has 2 rings (SSSR count). The van der Waals surface area contributed by atoms with E-state index in [9.17, 15) is 0 Å². The predicted octanol–water partition coefficient (Wildman–Crippen LogP) is 2.45. The van der Waals surface area contributed by atoms with Gasteiger partial charge in [-0.05, 0) is 46.2 Å². The molecule has 0 bridgehead atoms. The van der Waals surface area contributed by atoms with Crippen molar-refractivity contribution in [1.29, 1.82) is 0 Å². The van der Waals surface area contributed by atoms with Crippen LogP contribution in [0.3, 0.4) is 0 Å². The summed E-state index contributed by atoms with van der Waals surface area (Å²) in [6.45, 7) is 2.62. The van der Waals surface area contributed by atoms with E-state index in [1.165, 1.54) is 12.8 Å². The van der Waals surface area contributed by atoms with Crippen LogP contribution in [0.25, 0.3) is 0 Å². The average molecular weight is 315 g/mol. The number of ether oxygens (including phenoxy) is 1. The van der Waals surface area contributed by atoms with Crippen LogP contribution in [0.2, 0.25) is 5.02 Å². The Balaban J connectivity index is 1.91. The summed E-state index contributed by atoms with van der Waals surface area (Å²) in [5.74, 6) is 0. The molecule has 0 radical (unpaired) electrons. The minimum atomic E-state index is -0.0762. The van der Waals surface area contributed by atoms with Crippen LogP contribution in [0.15, 0.2) is 6.20 Å². The molecule has 1 aliphatic heterocycles. The third kappa shape index (κ3) is 4.95. The molecule has 2 heterocycles. The molecule has 2 unspecified atom stereocenters. The molecule has 1 aromatic rings. The third-order valence-electron chi connectivity index (χ3n) is 4.02. The van der Waals surface area contributed by atoms with Gasteiger partial charge in [-0.3, -0.25) is 4.68 Å². The Bertz CT molecular complexity index is 429. The van der Waals surface area contributed by atoms with Crippen LogP contribution in [0, 0.1) is 0 Å². The standard InChI is InChI=1S/C15H27ClN4O/c1-19(2)8-9-20-15(13(16)11-18-20)14(17)7-6-12-5-3-4-10-21-12/h11-12,14H,3-10,17H2,1-2H3. The van der Waals surface area contributed by atoms with Gasteiger partial charge in [-0.15, -0.1) is 0 Å². The molecule has 1 fully saturated rings. The van der Waals surface area contributed by atoms with E-state index in [0.29, 0.717) is 11.1 Å². The topological polar surface area (TPSA) is 56.3 Å². The summed E-state index contributed by atoms with van der Waals surface area (Å²) < 4.78 is 7.71. The molecule has 0 amide bonds. The SMILES string of the molecule is CN(C)CCn1ncc(Cl)c1C(N)CCC1CCCCO1. The van der Waals surface area contributed by atoms with E-state index in [-0.39, 0.29) is 6.04 Å². The lowest BCUT2D eigenvalue weighted by Crippen LogP contribution is -2.25. The Morgan fingerprint density at radius 2 is 2.33 bits per heavy atom. The number of aromatic nitrogens is 2. The van der Waals surface area contributed by atoms with Crippen molar-refractivity contribution in [3.05, 3.63) is 16.9 Å². The number of hydrogen-bond acceptors (Lipinski definition) is 4. The highest BCUT2D eigenvalue weighted by Gasteiger charge is 2.20. The lowest BCUT2D eigenvalue weighted by Gasteiger charge is -2.24. The van der Waals surface area contributed by atoms with Gasteiger partial charge in [0.2, 0.25) is 0 Å². The zero-order valence-electron chi connectivity index (χ0n) is 13.1. The fourth-order valence-electron chi connectivity index (χ4n) is 2.75. The van der Waals surface area contributed by atoms with Crippen molar-refractivity contribution >= 4 is 11.6 Å².